The molecule has 0 radical (unpaired) electrons. The number of sulfonamides is 1. The zero-order valence-corrected chi connectivity index (χ0v) is 25.7. The maximum absolute atomic E-state index is 14.2. The summed E-state index contributed by atoms with van der Waals surface area (Å²) >= 11 is 0. The lowest BCUT2D eigenvalue weighted by atomic mass is 10.1. The van der Waals surface area contributed by atoms with Crippen molar-refractivity contribution in [2.45, 2.75) is 76.4 Å². The van der Waals surface area contributed by atoms with Crippen LogP contribution < -0.4 is 14.4 Å². The van der Waals surface area contributed by atoms with E-state index >= 15 is 0 Å². The Morgan fingerprint density at radius 2 is 1.48 bits per heavy atom. The van der Waals surface area contributed by atoms with Crippen LogP contribution in [0.25, 0.3) is 0 Å². The standard InChI is InChI=1S/C33H41N3O5S/c1-5-31(33(38)34-27-8-6-7-9-27)35(22-26-14-10-24(2)11-15-26)32(37)23-36(28-16-18-29(41-4)19-17-28)42(39,40)30-20-12-25(3)13-21-30/h10-21,27,31H,5-9,22-23H2,1-4H3,(H,34,38)/t31-/m0/s1. The Bertz CT molecular complexity index is 1450. The molecule has 1 atom stereocenters. The first kappa shape index (κ1) is 31.1. The molecule has 0 aromatic heterocycles. The van der Waals surface area contributed by atoms with E-state index in [1.165, 1.54) is 12.0 Å². The van der Waals surface area contributed by atoms with Crippen LogP contribution in [0.4, 0.5) is 5.69 Å². The molecule has 224 valence electrons. The summed E-state index contributed by atoms with van der Waals surface area (Å²) in [5, 5.41) is 3.14. The number of carbonyl (C=O) groups excluding carboxylic acids is 2. The second-order valence-electron chi connectivity index (χ2n) is 10.9. The molecule has 0 unspecified atom stereocenters. The summed E-state index contributed by atoms with van der Waals surface area (Å²) in [5.41, 5.74) is 3.18. The van der Waals surface area contributed by atoms with E-state index in [2.05, 4.69) is 5.32 Å². The predicted octanol–water partition coefficient (Wildman–Crippen LogP) is 5.37. The number of rotatable bonds is 12. The van der Waals surface area contributed by atoms with E-state index < -0.39 is 28.5 Å². The fourth-order valence-corrected chi connectivity index (χ4v) is 6.71. The number of amides is 2. The first-order chi connectivity index (χ1) is 20.1. The Kier molecular flexibility index (Phi) is 10.3. The maximum Gasteiger partial charge on any atom is 0.264 e. The minimum atomic E-state index is -4.12. The normalized spacial score (nSPS) is 14.3. The molecule has 9 heteroatoms. The summed E-state index contributed by atoms with van der Waals surface area (Å²) in [5.74, 6) is -0.105. The number of ether oxygens (including phenoxy) is 1. The SMILES string of the molecule is CC[C@@H](C(=O)NC1CCCC1)N(Cc1ccc(C)cc1)C(=O)CN(c1ccc(OC)cc1)S(=O)(=O)c1ccc(C)cc1. The lowest BCUT2D eigenvalue weighted by molar-refractivity contribution is -0.140. The van der Waals surface area contributed by atoms with Crippen molar-refractivity contribution in [3.63, 3.8) is 0 Å². The van der Waals surface area contributed by atoms with Gasteiger partial charge in [-0.15, -0.1) is 0 Å². The van der Waals surface area contributed by atoms with Gasteiger partial charge in [-0.3, -0.25) is 13.9 Å². The first-order valence-electron chi connectivity index (χ1n) is 14.5. The van der Waals surface area contributed by atoms with Crippen molar-refractivity contribution in [2.75, 3.05) is 18.0 Å². The van der Waals surface area contributed by atoms with Crippen molar-refractivity contribution in [2.24, 2.45) is 0 Å². The molecule has 1 aliphatic carbocycles. The molecule has 1 aliphatic rings. The molecule has 0 heterocycles. The summed E-state index contributed by atoms with van der Waals surface area (Å²) in [4.78, 5) is 29.4. The van der Waals surface area contributed by atoms with Crippen LogP contribution in [-0.4, -0.2) is 50.9 Å². The van der Waals surface area contributed by atoms with Crippen LogP contribution in [0.3, 0.4) is 0 Å². The third-order valence-electron chi connectivity index (χ3n) is 7.81. The third kappa shape index (κ3) is 7.50. The minimum Gasteiger partial charge on any atom is -0.497 e. The Morgan fingerprint density at radius 3 is 2.02 bits per heavy atom. The number of aryl methyl sites for hydroxylation is 2. The summed E-state index contributed by atoms with van der Waals surface area (Å²) in [6, 6.07) is 20.2. The van der Waals surface area contributed by atoms with Gasteiger partial charge in [0.25, 0.3) is 10.0 Å². The summed E-state index contributed by atoms with van der Waals surface area (Å²) in [6.07, 6.45) is 4.38. The lowest BCUT2D eigenvalue weighted by Gasteiger charge is -2.33. The van der Waals surface area contributed by atoms with Crippen molar-refractivity contribution in [3.05, 3.63) is 89.5 Å². The van der Waals surface area contributed by atoms with Gasteiger partial charge in [0.05, 0.1) is 17.7 Å². The molecule has 0 bridgehead atoms. The monoisotopic (exact) mass is 591 g/mol. The summed E-state index contributed by atoms with van der Waals surface area (Å²) < 4.78 is 34.4. The highest BCUT2D eigenvalue weighted by Crippen LogP contribution is 2.27. The number of benzene rings is 3. The number of nitrogens with zero attached hydrogens (tertiary/aromatic N) is 2. The number of anilines is 1. The molecule has 0 aliphatic heterocycles. The van der Waals surface area contributed by atoms with E-state index in [0.717, 1.165) is 46.7 Å². The van der Waals surface area contributed by atoms with Gasteiger partial charge in [-0.1, -0.05) is 67.3 Å². The van der Waals surface area contributed by atoms with E-state index in [-0.39, 0.29) is 23.4 Å². The van der Waals surface area contributed by atoms with E-state index in [9.17, 15) is 18.0 Å². The zero-order valence-electron chi connectivity index (χ0n) is 24.9. The zero-order chi connectivity index (χ0) is 30.3. The fourth-order valence-electron chi connectivity index (χ4n) is 5.29. The van der Waals surface area contributed by atoms with Crippen LogP contribution in [0.5, 0.6) is 5.75 Å². The van der Waals surface area contributed by atoms with Crippen LogP contribution in [0.15, 0.2) is 77.7 Å². The average molecular weight is 592 g/mol. The molecule has 1 fully saturated rings. The Morgan fingerprint density at radius 1 is 0.905 bits per heavy atom. The summed E-state index contributed by atoms with van der Waals surface area (Å²) in [7, 11) is -2.59. The van der Waals surface area contributed by atoms with Crippen LogP contribution in [0.1, 0.15) is 55.7 Å². The topological polar surface area (TPSA) is 96.0 Å². The quantitative estimate of drug-likeness (QED) is 0.305. The molecular formula is C33H41N3O5S. The molecule has 1 N–H and O–H groups in total. The minimum absolute atomic E-state index is 0.0767. The van der Waals surface area contributed by atoms with Crippen molar-refractivity contribution >= 4 is 27.5 Å². The molecule has 3 aromatic carbocycles. The van der Waals surface area contributed by atoms with Gasteiger partial charge in [0.15, 0.2) is 0 Å². The maximum atomic E-state index is 14.2. The highest BCUT2D eigenvalue weighted by molar-refractivity contribution is 7.92. The number of hydrogen-bond donors (Lipinski definition) is 1. The van der Waals surface area contributed by atoms with Crippen molar-refractivity contribution in [1.82, 2.24) is 10.2 Å². The van der Waals surface area contributed by atoms with Gasteiger partial charge in [0, 0.05) is 12.6 Å². The van der Waals surface area contributed by atoms with Gasteiger partial charge in [0.1, 0.15) is 18.3 Å². The van der Waals surface area contributed by atoms with E-state index in [1.54, 1.807) is 48.5 Å². The number of nitrogens with one attached hydrogen (secondary N) is 1. The third-order valence-corrected chi connectivity index (χ3v) is 9.60. The smallest absolute Gasteiger partial charge is 0.264 e. The second-order valence-corrected chi connectivity index (χ2v) is 12.8. The van der Waals surface area contributed by atoms with Gasteiger partial charge in [-0.2, -0.15) is 0 Å². The van der Waals surface area contributed by atoms with Crippen molar-refractivity contribution < 1.29 is 22.7 Å². The fraction of sp³-hybridized carbons (Fsp3) is 0.394. The van der Waals surface area contributed by atoms with Gasteiger partial charge in [0.2, 0.25) is 11.8 Å². The van der Waals surface area contributed by atoms with Crippen LogP contribution >= 0.6 is 0 Å². The number of hydrogen-bond acceptors (Lipinski definition) is 5. The van der Waals surface area contributed by atoms with Gasteiger partial charge >= 0.3 is 0 Å². The van der Waals surface area contributed by atoms with Crippen LogP contribution in [0, 0.1) is 13.8 Å². The molecular weight excluding hydrogens is 550 g/mol. The highest BCUT2D eigenvalue weighted by atomic mass is 32.2. The van der Waals surface area contributed by atoms with E-state index in [4.69, 9.17) is 4.74 Å². The Labute approximate surface area is 249 Å². The van der Waals surface area contributed by atoms with Gasteiger partial charge in [-0.25, -0.2) is 8.42 Å². The van der Waals surface area contributed by atoms with Gasteiger partial charge in [-0.05, 0) is 75.1 Å². The number of carbonyl (C=O) groups is 2. The largest absolute Gasteiger partial charge is 0.497 e. The van der Waals surface area contributed by atoms with Crippen LogP contribution in [0.2, 0.25) is 0 Å². The molecule has 0 spiro atoms. The molecule has 4 rings (SSSR count). The Balaban J connectivity index is 1.71. The van der Waals surface area contributed by atoms with Crippen molar-refractivity contribution in [3.8, 4) is 5.75 Å². The molecule has 3 aromatic rings. The highest BCUT2D eigenvalue weighted by Gasteiger charge is 2.34. The second kappa shape index (κ2) is 13.9. The molecule has 1 saturated carbocycles. The predicted molar refractivity (Wildman–Crippen MR) is 165 cm³/mol. The average Bonchev–Trinajstić information content (AvgIpc) is 3.50. The van der Waals surface area contributed by atoms with Crippen LogP contribution in [-0.2, 0) is 26.2 Å². The van der Waals surface area contributed by atoms with Crippen molar-refractivity contribution in [1.29, 1.82) is 0 Å². The van der Waals surface area contributed by atoms with Gasteiger partial charge < -0.3 is 15.0 Å². The summed E-state index contributed by atoms with van der Waals surface area (Å²) in [6.45, 7) is 5.45. The molecule has 0 saturated heterocycles. The van der Waals surface area contributed by atoms with E-state index in [0.29, 0.717) is 17.9 Å². The lowest BCUT2D eigenvalue weighted by Crippen LogP contribution is -2.53. The first-order valence-corrected chi connectivity index (χ1v) is 15.9. The molecule has 42 heavy (non-hydrogen) atoms. The molecule has 8 nitrogen and oxygen atoms in total. The Hall–Kier alpha value is -3.85. The number of methoxy groups -OCH3 is 1. The molecule has 2 amide bonds. The van der Waals surface area contributed by atoms with E-state index in [1.807, 2.05) is 45.0 Å².